The van der Waals surface area contributed by atoms with E-state index < -0.39 is 6.29 Å². The van der Waals surface area contributed by atoms with Gasteiger partial charge in [0.05, 0.1) is 6.61 Å². The average molecular weight is 222 g/mol. The van der Waals surface area contributed by atoms with Crippen molar-refractivity contribution < 1.29 is 14.6 Å². The minimum atomic E-state index is -0.847. The number of aliphatic hydroxyl groups is 1. The first kappa shape index (κ1) is 12.6. The molecule has 0 aliphatic carbocycles. The van der Waals surface area contributed by atoms with Crippen LogP contribution in [0.1, 0.15) is 26.3 Å². The molecule has 0 aromatic heterocycles. The second kappa shape index (κ2) is 6.18. The van der Waals surface area contributed by atoms with Crippen LogP contribution in [0.5, 0.6) is 11.5 Å². The standard InChI is InChI=1S/C13H18O3/c1-4-6-11-7-8-12(15-5-2)13(9-11)16-10(3)14/h4,6-10,14H,5H2,1-3H3/b6-4+. The third-order valence-corrected chi connectivity index (χ3v) is 1.92. The molecule has 0 fully saturated rings. The van der Waals surface area contributed by atoms with E-state index >= 15 is 0 Å². The lowest BCUT2D eigenvalue weighted by molar-refractivity contribution is -0.00240. The molecule has 16 heavy (non-hydrogen) atoms. The predicted molar refractivity (Wildman–Crippen MR) is 64.6 cm³/mol. The maximum Gasteiger partial charge on any atom is 0.194 e. The Kier molecular flexibility index (Phi) is 4.86. The molecule has 0 saturated heterocycles. The number of benzene rings is 1. The molecule has 1 unspecified atom stereocenters. The molecule has 1 atom stereocenters. The molecule has 0 spiro atoms. The van der Waals surface area contributed by atoms with Gasteiger partial charge in [-0.1, -0.05) is 18.2 Å². The highest BCUT2D eigenvalue weighted by Crippen LogP contribution is 2.29. The van der Waals surface area contributed by atoms with Crippen molar-refractivity contribution in [2.45, 2.75) is 27.1 Å². The van der Waals surface area contributed by atoms with E-state index in [1.165, 1.54) is 0 Å². The highest BCUT2D eigenvalue weighted by molar-refractivity contribution is 5.55. The maximum absolute atomic E-state index is 9.22. The van der Waals surface area contributed by atoms with Gasteiger partial charge in [-0.25, -0.2) is 0 Å². The Morgan fingerprint density at radius 2 is 2.12 bits per heavy atom. The van der Waals surface area contributed by atoms with E-state index in [1.807, 2.05) is 44.2 Å². The topological polar surface area (TPSA) is 38.7 Å². The van der Waals surface area contributed by atoms with E-state index in [9.17, 15) is 5.11 Å². The van der Waals surface area contributed by atoms with Gasteiger partial charge in [0.1, 0.15) is 0 Å². The zero-order chi connectivity index (χ0) is 12.0. The van der Waals surface area contributed by atoms with Crippen molar-refractivity contribution in [3.05, 3.63) is 29.8 Å². The maximum atomic E-state index is 9.22. The van der Waals surface area contributed by atoms with Crippen molar-refractivity contribution >= 4 is 6.08 Å². The minimum Gasteiger partial charge on any atom is -0.490 e. The summed E-state index contributed by atoms with van der Waals surface area (Å²) >= 11 is 0. The van der Waals surface area contributed by atoms with Gasteiger partial charge < -0.3 is 14.6 Å². The normalized spacial score (nSPS) is 12.8. The summed E-state index contributed by atoms with van der Waals surface area (Å²) in [5.41, 5.74) is 1.02. The monoisotopic (exact) mass is 222 g/mol. The van der Waals surface area contributed by atoms with Crippen LogP contribution in [-0.2, 0) is 0 Å². The van der Waals surface area contributed by atoms with Crippen molar-refractivity contribution in [1.82, 2.24) is 0 Å². The van der Waals surface area contributed by atoms with E-state index in [-0.39, 0.29) is 0 Å². The fourth-order valence-corrected chi connectivity index (χ4v) is 1.37. The molecule has 0 saturated carbocycles. The summed E-state index contributed by atoms with van der Waals surface area (Å²) in [7, 11) is 0. The van der Waals surface area contributed by atoms with E-state index in [4.69, 9.17) is 9.47 Å². The van der Waals surface area contributed by atoms with Crippen LogP contribution in [0.25, 0.3) is 6.08 Å². The molecule has 1 N–H and O–H groups in total. The number of hydrogen-bond acceptors (Lipinski definition) is 3. The Hall–Kier alpha value is -1.48. The largest absolute Gasteiger partial charge is 0.490 e. The van der Waals surface area contributed by atoms with E-state index in [0.717, 1.165) is 5.56 Å². The Morgan fingerprint density at radius 3 is 2.69 bits per heavy atom. The van der Waals surface area contributed by atoms with Crippen molar-refractivity contribution in [3.8, 4) is 11.5 Å². The molecular formula is C13H18O3. The van der Waals surface area contributed by atoms with Gasteiger partial charge in [-0.2, -0.15) is 0 Å². The summed E-state index contributed by atoms with van der Waals surface area (Å²) in [4.78, 5) is 0. The summed E-state index contributed by atoms with van der Waals surface area (Å²) in [6.45, 7) is 5.99. The molecule has 3 heteroatoms. The molecule has 0 bridgehead atoms. The molecule has 0 aliphatic rings. The van der Waals surface area contributed by atoms with Gasteiger partial charge in [0.15, 0.2) is 17.8 Å². The number of aliphatic hydroxyl groups excluding tert-OH is 1. The van der Waals surface area contributed by atoms with Gasteiger partial charge in [0, 0.05) is 0 Å². The zero-order valence-corrected chi connectivity index (χ0v) is 9.93. The molecule has 0 aliphatic heterocycles. The number of rotatable bonds is 5. The van der Waals surface area contributed by atoms with Gasteiger partial charge in [-0.05, 0) is 38.5 Å². The number of hydrogen-bond donors (Lipinski definition) is 1. The van der Waals surface area contributed by atoms with Crippen LogP contribution in [0, 0.1) is 0 Å². The van der Waals surface area contributed by atoms with Crippen molar-refractivity contribution in [2.24, 2.45) is 0 Å². The Bertz CT molecular complexity index is 356. The Morgan fingerprint density at radius 1 is 1.38 bits per heavy atom. The lowest BCUT2D eigenvalue weighted by Gasteiger charge is -2.14. The number of allylic oxidation sites excluding steroid dienone is 1. The second-order valence-electron chi connectivity index (χ2n) is 3.36. The molecule has 88 valence electrons. The van der Waals surface area contributed by atoms with Gasteiger partial charge in [-0.15, -0.1) is 0 Å². The average Bonchev–Trinajstić information content (AvgIpc) is 2.22. The summed E-state index contributed by atoms with van der Waals surface area (Å²) in [6, 6.07) is 5.63. The molecule has 1 aromatic carbocycles. The highest BCUT2D eigenvalue weighted by Gasteiger charge is 2.07. The van der Waals surface area contributed by atoms with E-state index in [0.29, 0.717) is 18.1 Å². The second-order valence-corrected chi connectivity index (χ2v) is 3.36. The quantitative estimate of drug-likeness (QED) is 0.778. The van der Waals surface area contributed by atoms with Crippen LogP contribution in [0.15, 0.2) is 24.3 Å². The molecule has 0 amide bonds. The predicted octanol–water partition coefficient (Wildman–Crippen LogP) is 2.84. The van der Waals surface area contributed by atoms with Crippen LogP contribution in [0.4, 0.5) is 0 Å². The molecule has 1 rings (SSSR count). The smallest absolute Gasteiger partial charge is 0.194 e. The molecule has 3 nitrogen and oxygen atoms in total. The van der Waals surface area contributed by atoms with Crippen molar-refractivity contribution in [2.75, 3.05) is 6.61 Å². The Labute approximate surface area is 96.3 Å². The first-order valence-electron chi connectivity index (χ1n) is 5.41. The zero-order valence-electron chi connectivity index (χ0n) is 9.93. The molecular weight excluding hydrogens is 204 g/mol. The highest BCUT2D eigenvalue weighted by atomic mass is 16.6. The van der Waals surface area contributed by atoms with Crippen LogP contribution in [0.2, 0.25) is 0 Å². The summed E-state index contributed by atoms with van der Waals surface area (Å²) < 4.78 is 10.7. The summed E-state index contributed by atoms with van der Waals surface area (Å²) in [5.74, 6) is 1.21. The summed E-state index contributed by atoms with van der Waals surface area (Å²) in [6.07, 6.45) is 3.06. The van der Waals surface area contributed by atoms with E-state index in [1.54, 1.807) is 6.92 Å². The SMILES string of the molecule is C/C=C/c1ccc(OCC)c(OC(C)O)c1. The van der Waals surface area contributed by atoms with Gasteiger partial charge in [0.2, 0.25) is 0 Å². The van der Waals surface area contributed by atoms with Gasteiger partial charge >= 0.3 is 0 Å². The van der Waals surface area contributed by atoms with Crippen LogP contribution >= 0.6 is 0 Å². The third-order valence-electron chi connectivity index (χ3n) is 1.92. The summed E-state index contributed by atoms with van der Waals surface area (Å²) in [5, 5.41) is 9.22. The number of ether oxygens (including phenoxy) is 2. The Balaban J connectivity index is 3.00. The lowest BCUT2D eigenvalue weighted by Crippen LogP contribution is -2.10. The van der Waals surface area contributed by atoms with Crippen molar-refractivity contribution in [3.63, 3.8) is 0 Å². The first-order chi connectivity index (χ1) is 7.67. The van der Waals surface area contributed by atoms with Crippen LogP contribution < -0.4 is 9.47 Å². The third kappa shape index (κ3) is 3.59. The van der Waals surface area contributed by atoms with Crippen molar-refractivity contribution in [1.29, 1.82) is 0 Å². The first-order valence-corrected chi connectivity index (χ1v) is 5.41. The van der Waals surface area contributed by atoms with Gasteiger partial charge in [-0.3, -0.25) is 0 Å². The minimum absolute atomic E-state index is 0.562. The van der Waals surface area contributed by atoms with E-state index in [2.05, 4.69) is 0 Å². The fourth-order valence-electron chi connectivity index (χ4n) is 1.37. The van der Waals surface area contributed by atoms with Gasteiger partial charge in [0.25, 0.3) is 0 Å². The molecule has 1 aromatic rings. The molecule has 0 radical (unpaired) electrons. The fraction of sp³-hybridized carbons (Fsp3) is 0.385. The van der Waals surface area contributed by atoms with Crippen LogP contribution in [-0.4, -0.2) is 18.0 Å². The molecule has 0 heterocycles. The lowest BCUT2D eigenvalue weighted by atomic mass is 10.2. The van der Waals surface area contributed by atoms with Crippen LogP contribution in [0.3, 0.4) is 0 Å².